The van der Waals surface area contributed by atoms with Crippen LogP contribution in [-0.2, 0) is 13.0 Å². The molecular formula is C17H12Cl2N4O4. The maximum Gasteiger partial charge on any atom is 0.349 e. The van der Waals surface area contributed by atoms with Crippen molar-refractivity contribution in [2.45, 2.75) is 19.4 Å². The summed E-state index contributed by atoms with van der Waals surface area (Å²) < 4.78 is 8.51. The number of benzene rings is 1. The van der Waals surface area contributed by atoms with Crippen molar-refractivity contribution in [3.63, 3.8) is 0 Å². The normalized spacial score (nSPS) is 12.8. The highest BCUT2D eigenvalue weighted by Gasteiger charge is 2.20. The molecule has 138 valence electrons. The number of aromatic amines is 1. The summed E-state index contributed by atoms with van der Waals surface area (Å²) >= 11 is 12.6. The van der Waals surface area contributed by atoms with Crippen molar-refractivity contribution in [2.24, 2.45) is 0 Å². The molecule has 0 saturated heterocycles. The highest BCUT2D eigenvalue weighted by atomic mass is 35.5. The molecule has 0 aliphatic carbocycles. The molecule has 0 fully saturated rings. The third kappa shape index (κ3) is 3.17. The monoisotopic (exact) mass is 406 g/mol. The minimum absolute atomic E-state index is 0.0779. The number of rotatable bonds is 3. The molecular weight excluding hydrogens is 395 g/mol. The smallest absolute Gasteiger partial charge is 0.349 e. The van der Waals surface area contributed by atoms with Crippen LogP contribution in [0.2, 0.25) is 10.0 Å². The highest BCUT2D eigenvalue weighted by Crippen LogP contribution is 2.39. The van der Waals surface area contributed by atoms with Gasteiger partial charge in [-0.2, -0.15) is 9.78 Å². The topological polar surface area (TPSA) is 99.0 Å². The Hall–Kier alpha value is -2.84. The maximum atomic E-state index is 11.9. The Morgan fingerprint density at radius 2 is 1.85 bits per heavy atom. The number of nitrogens with zero attached hydrogens (tertiary/aromatic N) is 3. The first-order chi connectivity index (χ1) is 12.9. The summed E-state index contributed by atoms with van der Waals surface area (Å²) in [6.45, 7) is 0.645. The van der Waals surface area contributed by atoms with Crippen LogP contribution in [-0.4, -0.2) is 19.3 Å². The van der Waals surface area contributed by atoms with Crippen LogP contribution in [0.3, 0.4) is 0 Å². The summed E-state index contributed by atoms with van der Waals surface area (Å²) in [6, 6.07) is 5.92. The molecule has 8 nitrogen and oxygen atoms in total. The van der Waals surface area contributed by atoms with Crippen molar-refractivity contribution in [2.75, 3.05) is 0 Å². The van der Waals surface area contributed by atoms with Gasteiger partial charge in [-0.25, -0.2) is 4.79 Å². The van der Waals surface area contributed by atoms with Crippen LogP contribution >= 0.6 is 23.2 Å². The fourth-order valence-corrected chi connectivity index (χ4v) is 3.57. The van der Waals surface area contributed by atoms with Crippen molar-refractivity contribution in [3.8, 4) is 17.2 Å². The molecule has 10 heteroatoms. The number of aromatic nitrogens is 4. The number of ether oxygens (including phenoxy) is 1. The van der Waals surface area contributed by atoms with Crippen molar-refractivity contribution < 1.29 is 4.74 Å². The molecule has 3 aromatic rings. The SMILES string of the molecule is O=c1cnn(-c2cc(Cl)c(Oc3ccc(=O)n4c3CCC4)c(Cl)c2)c(=O)[nH]1. The quantitative estimate of drug-likeness (QED) is 0.717. The van der Waals surface area contributed by atoms with Gasteiger partial charge in [0.25, 0.3) is 11.1 Å². The molecule has 0 atom stereocenters. The molecule has 1 aliphatic heterocycles. The third-order valence-electron chi connectivity index (χ3n) is 4.20. The Balaban J connectivity index is 1.76. The van der Waals surface area contributed by atoms with E-state index in [1.807, 2.05) is 0 Å². The molecule has 0 spiro atoms. The van der Waals surface area contributed by atoms with Gasteiger partial charge in [-0.05, 0) is 31.0 Å². The molecule has 27 heavy (non-hydrogen) atoms. The first-order valence-electron chi connectivity index (χ1n) is 8.03. The van der Waals surface area contributed by atoms with E-state index in [1.54, 1.807) is 10.6 Å². The lowest BCUT2D eigenvalue weighted by Crippen LogP contribution is -2.30. The van der Waals surface area contributed by atoms with Crippen LogP contribution < -0.4 is 21.5 Å². The number of pyridine rings is 1. The minimum atomic E-state index is -0.719. The van der Waals surface area contributed by atoms with E-state index < -0.39 is 11.2 Å². The van der Waals surface area contributed by atoms with E-state index in [1.165, 1.54) is 18.2 Å². The average molecular weight is 407 g/mol. The van der Waals surface area contributed by atoms with Crippen LogP contribution in [0.15, 0.2) is 44.8 Å². The van der Waals surface area contributed by atoms with E-state index >= 15 is 0 Å². The predicted molar refractivity (Wildman–Crippen MR) is 99.6 cm³/mol. The van der Waals surface area contributed by atoms with E-state index in [9.17, 15) is 14.4 Å². The summed E-state index contributed by atoms with van der Waals surface area (Å²) in [5, 5.41) is 4.07. The Kier molecular flexibility index (Phi) is 4.37. The number of hydrogen-bond donors (Lipinski definition) is 1. The summed E-state index contributed by atoms with van der Waals surface area (Å²) in [5.74, 6) is 0.705. The molecule has 0 amide bonds. The molecule has 2 aromatic heterocycles. The molecule has 0 radical (unpaired) electrons. The number of H-pyrrole nitrogens is 1. The van der Waals surface area contributed by atoms with Crippen LogP contribution in [0.5, 0.6) is 11.5 Å². The second-order valence-electron chi connectivity index (χ2n) is 5.93. The molecule has 4 rings (SSSR count). The molecule has 1 aliphatic rings. The first-order valence-corrected chi connectivity index (χ1v) is 8.78. The van der Waals surface area contributed by atoms with E-state index in [2.05, 4.69) is 10.1 Å². The van der Waals surface area contributed by atoms with Crippen LogP contribution in [0.4, 0.5) is 0 Å². The van der Waals surface area contributed by atoms with Crippen molar-refractivity contribution >= 4 is 23.2 Å². The lowest BCUT2D eigenvalue weighted by molar-refractivity contribution is 0.470. The van der Waals surface area contributed by atoms with Crippen molar-refractivity contribution in [1.82, 2.24) is 19.3 Å². The van der Waals surface area contributed by atoms with Crippen molar-refractivity contribution in [3.05, 3.63) is 77.4 Å². The third-order valence-corrected chi connectivity index (χ3v) is 4.76. The number of hydrogen-bond acceptors (Lipinski definition) is 5. The van der Waals surface area contributed by atoms with E-state index in [-0.39, 0.29) is 27.0 Å². The van der Waals surface area contributed by atoms with Gasteiger partial charge >= 0.3 is 5.69 Å². The lowest BCUT2D eigenvalue weighted by Gasteiger charge is -2.14. The van der Waals surface area contributed by atoms with Gasteiger partial charge < -0.3 is 9.30 Å². The summed E-state index contributed by atoms with van der Waals surface area (Å²) in [4.78, 5) is 37.0. The van der Waals surface area contributed by atoms with Gasteiger partial charge in [0.05, 0.1) is 21.4 Å². The van der Waals surface area contributed by atoms with Crippen LogP contribution in [0, 0.1) is 0 Å². The first kappa shape index (κ1) is 17.6. The number of nitrogens with one attached hydrogen (secondary N) is 1. The molecule has 0 bridgehead atoms. The highest BCUT2D eigenvalue weighted by molar-refractivity contribution is 6.37. The molecule has 1 aromatic carbocycles. The minimum Gasteiger partial charge on any atom is -0.452 e. The van der Waals surface area contributed by atoms with E-state index in [0.717, 1.165) is 29.4 Å². The zero-order chi connectivity index (χ0) is 19.1. The Labute approximate surface area is 161 Å². The second kappa shape index (κ2) is 6.71. The Morgan fingerprint density at radius 3 is 2.56 bits per heavy atom. The molecule has 0 unspecified atom stereocenters. The van der Waals surface area contributed by atoms with Crippen LogP contribution in [0.25, 0.3) is 5.69 Å². The van der Waals surface area contributed by atoms with E-state index in [4.69, 9.17) is 27.9 Å². The maximum absolute atomic E-state index is 11.9. The standard InChI is InChI=1S/C17H12Cl2N4O4/c18-10-6-9(23-17(26)21-14(24)8-20-23)7-11(19)16(10)27-13-3-4-15(25)22-5-1-2-12(13)22/h3-4,6-8H,1-2,5H2,(H,21,24,26). The largest absolute Gasteiger partial charge is 0.452 e. The zero-order valence-electron chi connectivity index (χ0n) is 13.7. The van der Waals surface area contributed by atoms with Gasteiger partial charge in [0.15, 0.2) is 5.75 Å². The second-order valence-corrected chi connectivity index (χ2v) is 6.74. The Morgan fingerprint density at radius 1 is 1.11 bits per heavy atom. The van der Waals surface area contributed by atoms with Crippen molar-refractivity contribution in [1.29, 1.82) is 0 Å². The molecule has 3 heterocycles. The fraction of sp³-hybridized carbons (Fsp3) is 0.176. The average Bonchev–Trinajstić information content (AvgIpc) is 3.10. The summed E-state index contributed by atoms with van der Waals surface area (Å²) in [5.41, 5.74) is -0.346. The molecule has 0 saturated carbocycles. The van der Waals surface area contributed by atoms with Gasteiger partial charge in [-0.1, -0.05) is 23.2 Å². The van der Waals surface area contributed by atoms with Gasteiger partial charge in [0.1, 0.15) is 11.9 Å². The summed E-state index contributed by atoms with van der Waals surface area (Å²) in [6.07, 6.45) is 2.55. The van der Waals surface area contributed by atoms with Gasteiger partial charge in [-0.15, -0.1) is 0 Å². The number of halogens is 2. The zero-order valence-corrected chi connectivity index (χ0v) is 15.3. The Bertz CT molecular complexity index is 1210. The van der Waals surface area contributed by atoms with E-state index in [0.29, 0.717) is 12.3 Å². The summed E-state index contributed by atoms with van der Waals surface area (Å²) in [7, 11) is 0. The fourth-order valence-electron chi connectivity index (χ4n) is 3.01. The van der Waals surface area contributed by atoms with Crippen LogP contribution in [0.1, 0.15) is 12.1 Å². The van der Waals surface area contributed by atoms with Gasteiger partial charge in [0.2, 0.25) is 0 Å². The van der Waals surface area contributed by atoms with Gasteiger partial charge in [-0.3, -0.25) is 14.6 Å². The predicted octanol–water partition coefficient (Wildman–Crippen LogP) is 2.13. The lowest BCUT2D eigenvalue weighted by atomic mass is 10.2. The molecule has 1 N–H and O–H groups in total. The number of fused-ring (bicyclic) bond motifs is 1. The van der Waals surface area contributed by atoms with Gasteiger partial charge in [0, 0.05) is 12.6 Å².